The molecule has 0 radical (unpaired) electrons. The van der Waals surface area contributed by atoms with Gasteiger partial charge in [0.1, 0.15) is 0 Å². The second-order valence-electron chi connectivity index (χ2n) is 6.29. The topological polar surface area (TPSA) is 66.4 Å². The van der Waals surface area contributed by atoms with Gasteiger partial charge in [-0.3, -0.25) is 4.72 Å². The van der Waals surface area contributed by atoms with Crippen LogP contribution in [0.5, 0.6) is 0 Å². The van der Waals surface area contributed by atoms with E-state index in [0.717, 1.165) is 24.3 Å². The molecule has 0 aliphatic heterocycles. The third-order valence-electron chi connectivity index (χ3n) is 4.03. The van der Waals surface area contributed by atoms with E-state index in [9.17, 15) is 53.0 Å². The standard InChI is InChI=1S/C17H12F9NO3S/c18-14(19,20)9-10-3-1-2-4-13(10)31(29,30)27-12-7-5-11(6-8-12)15(28,16(21,22)23)17(24,25)26/h1-8,27-28H,9H2. The summed E-state index contributed by atoms with van der Waals surface area (Å²) in [5, 5.41) is 9.31. The lowest BCUT2D eigenvalue weighted by Crippen LogP contribution is -2.53. The van der Waals surface area contributed by atoms with E-state index in [1.54, 1.807) is 4.72 Å². The third kappa shape index (κ3) is 5.23. The Kier molecular flexibility index (Phi) is 6.31. The minimum absolute atomic E-state index is 0.195. The zero-order chi connectivity index (χ0) is 23.9. The number of anilines is 1. The summed E-state index contributed by atoms with van der Waals surface area (Å²) in [4.78, 5) is -0.779. The molecule has 0 aliphatic rings. The van der Waals surface area contributed by atoms with Crippen molar-refractivity contribution in [3.63, 3.8) is 0 Å². The molecule has 2 aromatic rings. The van der Waals surface area contributed by atoms with Crippen LogP contribution >= 0.6 is 0 Å². The number of nitrogens with one attached hydrogen (secondary N) is 1. The first-order valence-electron chi connectivity index (χ1n) is 8.02. The molecule has 0 aliphatic carbocycles. The molecular weight excluding hydrogens is 469 g/mol. The van der Waals surface area contributed by atoms with Crippen LogP contribution in [0.4, 0.5) is 45.2 Å². The normalized spacial score (nSPS) is 13.9. The Morgan fingerprint density at radius 2 is 1.26 bits per heavy atom. The summed E-state index contributed by atoms with van der Waals surface area (Å²) in [6, 6.07) is 5.43. The highest BCUT2D eigenvalue weighted by Gasteiger charge is 2.71. The molecule has 0 aromatic heterocycles. The first kappa shape index (κ1) is 24.8. The second-order valence-corrected chi connectivity index (χ2v) is 7.94. The van der Waals surface area contributed by atoms with E-state index in [1.165, 1.54) is 0 Å². The van der Waals surface area contributed by atoms with Crippen molar-refractivity contribution in [1.82, 2.24) is 0 Å². The highest BCUT2D eigenvalue weighted by Crippen LogP contribution is 2.50. The maximum Gasteiger partial charge on any atom is 0.430 e. The molecule has 31 heavy (non-hydrogen) atoms. The maximum atomic E-state index is 12.9. The van der Waals surface area contributed by atoms with Crippen molar-refractivity contribution in [3.05, 3.63) is 59.7 Å². The average Bonchev–Trinajstić information content (AvgIpc) is 2.58. The number of benzene rings is 2. The van der Waals surface area contributed by atoms with Crippen molar-refractivity contribution < 1.29 is 53.0 Å². The fourth-order valence-corrected chi connectivity index (χ4v) is 3.91. The number of halogens is 9. The number of aliphatic hydroxyl groups is 1. The van der Waals surface area contributed by atoms with Crippen LogP contribution in [0.15, 0.2) is 53.4 Å². The summed E-state index contributed by atoms with van der Waals surface area (Å²) in [6.07, 6.45) is -18.6. The van der Waals surface area contributed by atoms with E-state index in [0.29, 0.717) is 12.1 Å². The highest BCUT2D eigenvalue weighted by molar-refractivity contribution is 7.92. The number of alkyl halides is 9. The van der Waals surface area contributed by atoms with Crippen LogP contribution in [0.2, 0.25) is 0 Å². The molecule has 0 unspecified atom stereocenters. The molecule has 0 atom stereocenters. The first-order valence-corrected chi connectivity index (χ1v) is 9.51. The Hall–Kier alpha value is -2.48. The van der Waals surface area contributed by atoms with Gasteiger partial charge in [0.2, 0.25) is 0 Å². The first-order chi connectivity index (χ1) is 13.9. The molecule has 2 aromatic carbocycles. The molecule has 0 saturated heterocycles. The SMILES string of the molecule is O=S(=O)(Nc1ccc(C(O)(C(F)(F)F)C(F)(F)F)cc1)c1ccccc1CC(F)(F)F. The Morgan fingerprint density at radius 3 is 1.71 bits per heavy atom. The molecule has 0 amide bonds. The molecule has 0 heterocycles. The van der Waals surface area contributed by atoms with E-state index in [1.807, 2.05) is 0 Å². The van der Waals surface area contributed by atoms with Crippen LogP contribution in [0.25, 0.3) is 0 Å². The van der Waals surface area contributed by atoms with Crippen LogP contribution < -0.4 is 4.72 Å². The van der Waals surface area contributed by atoms with Crippen LogP contribution in [0.1, 0.15) is 11.1 Å². The van der Waals surface area contributed by atoms with Crippen LogP contribution in [-0.4, -0.2) is 32.1 Å². The molecule has 2 N–H and O–H groups in total. The van der Waals surface area contributed by atoms with E-state index < -0.39 is 62.3 Å². The van der Waals surface area contributed by atoms with E-state index in [2.05, 4.69) is 0 Å². The van der Waals surface area contributed by atoms with E-state index in [-0.39, 0.29) is 12.1 Å². The van der Waals surface area contributed by atoms with Crippen molar-refractivity contribution in [2.45, 2.75) is 35.4 Å². The summed E-state index contributed by atoms with van der Waals surface area (Å²) in [5.41, 5.74) is -8.01. The molecule has 4 nitrogen and oxygen atoms in total. The lowest BCUT2D eigenvalue weighted by Gasteiger charge is -2.32. The van der Waals surface area contributed by atoms with Crippen LogP contribution in [-0.2, 0) is 22.0 Å². The Labute approximate surface area is 169 Å². The van der Waals surface area contributed by atoms with Crippen molar-refractivity contribution in [1.29, 1.82) is 0 Å². The van der Waals surface area contributed by atoms with Gasteiger partial charge < -0.3 is 5.11 Å². The third-order valence-corrected chi connectivity index (χ3v) is 5.51. The summed E-state index contributed by atoms with van der Waals surface area (Å²) >= 11 is 0. The van der Waals surface area contributed by atoms with Gasteiger partial charge in [0.05, 0.1) is 11.3 Å². The van der Waals surface area contributed by atoms with Crippen LogP contribution in [0, 0.1) is 0 Å². The van der Waals surface area contributed by atoms with Crippen molar-refractivity contribution >= 4 is 15.7 Å². The van der Waals surface area contributed by atoms with Gasteiger partial charge in [-0.25, -0.2) is 8.42 Å². The van der Waals surface area contributed by atoms with Gasteiger partial charge in [-0.2, -0.15) is 39.5 Å². The molecular formula is C17H12F9NO3S. The Morgan fingerprint density at radius 1 is 0.774 bits per heavy atom. The molecule has 0 bridgehead atoms. The fourth-order valence-electron chi connectivity index (χ4n) is 2.61. The number of rotatable bonds is 5. The van der Waals surface area contributed by atoms with Gasteiger partial charge in [0.25, 0.3) is 15.6 Å². The molecule has 0 spiro atoms. The fraction of sp³-hybridized carbons (Fsp3) is 0.294. The number of sulfonamides is 1. The minimum atomic E-state index is -6.14. The Balaban J connectivity index is 2.40. The van der Waals surface area contributed by atoms with Gasteiger partial charge in [0, 0.05) is 11.3 Å². The number of hydrogen-bond acceptors (Lipinski definition) is 3. The largest absolute Gasteiger partial charge is 0.430 e. The van der Waals surface area contributed by atoms with Gasteiger partial charge in [0.15, 0.2) is 0 Å². The zero-order valence-corrected chi connectivity index (χ0v) is 15.7. The van der Waals surface area contributed by atoms with Gasteiger partial charge in [-0.05, 0) is 23.8 Å². The van der Waals surface area contributed by atoms with Crippen molar-refractivity contribution in [2.75, 3.05) is 4.72 Å². The van der Waals surface area contributed by atoms with E-state index >= 15 is 0 Å². The van der Waals surface area contributed by atoms with E-state index in [4.69, 9.17) is 0 Å². The molecule has 0 fully saturated rings. The maximum absolute atomic E-state index is 12.9. The van der Waals surface area contributed by atoms with Gasteiger partial charge in [-0.1, -0.05) is 30.3 Å². The smallest absolute Gasteiger partial charge is 0.369 e. The molecule has 0 saturated carbocycles. The lowest BCUT2D eigenvalue weighted by atomic mass is 9.92. The van der Waals surface area contributed by atoms with Gasteiger partial charge in [-0.15, -0.1) is 0 Å². The van der Waals surface area contributed by atoms with Gasteiger partial charge >= 0.3 is 18.5 Å². The predicted molar refractivity (Wildman–Crippen MR) is 89.5 cm³/mol. The summed E-state index contributed by atoms with van der Waals surface area (Å²) in [5.74, 6) is 0. The van der Waals surface area contributed by atoms with Crippen molar-refractivity contribution in [2.24, 2.45) is 0 Å². The lowest BCUT2D eigenvalue weighted by molar-refractivity contribution is -0.376. The minimum Gasteiger partial charge on any atom is -0.369 e. The molecule has 172 valence electrons. The number of hydrogen-bond donors (Lipinski definition) is 2. The Bertz CT molecular complexity index is 1010. The quantitative estimate of drug-likeness (QED) is 0.597. The molecule has 2 rings (SSSR count). The van der Waals surface area contributed by atoms with Crippen LogP contribution in [0.3, 0.4) is 0 Å². The second kappa shape index (κ2) is 7.89. The monoisotopic (exact) mass is 481 g/mol. The van der Waals surface area contributed by atoms with Crippen molar-refractivity contribution in [3.8, 4) is 0 Å². The summed E-state index contributed by atoms with van der Waals surface area (Å²) < 4.78 is 142. The molecule has 14 heteroatoms. The summed E-state index contributed by atoms with van der Waals surface area (Å²) in [6.45, 7) is 0. The predicted octanol–water partition coefficient (Wildman–Crippen LogP) is 4.90. The average molecular weight is 481 g/mol. The highest BCUT2D eigenvalue weighted by atomic mass is 32.2. The summed E-state index contributed by atoms with van der Waals surface area (Å²) in [7, 11) is -4.68. The zero-order valence-electron chi connectivity index (χ0n) is 14.9.